The smallest absolute Gasteiger partial charge is 0.360 e. The van der Waals surface area contributed by atoms with Crippen molar-refractivity contribution in [3.8, 4) is 0 Å². The van der Waals surface area contributed by atoms with Crippen molar-refractivity contribution < 1.29 is 30.9 Å². The second-order valence-electron chi connectivity index (χ2n) is 5.82. The summed E-state index contributed by atoms with van der Waals surface area (Å²) in [6.45, 7) is 1.30. The molecule has 0 unspecified atom stereocenters. The first-order chi connectivity index (χ1) is 11.6. The number of benzene rings is 1. The minimum Gasteiger partial charge on any atom is -0.360 e. The van der Waals surface area contributed by atoms with Crippen LogP contribution < -0.4 is 0 Å². The van der Waals surface area contributed by atoms with Crippen molar-refractivity contribution in [2.24, 2.45) is 0 Å². The van der Waals surface area contributed by atoms with Gasteiger partial charge in [0.1, 0.15) is 0 Å². The van der Waals surface area contributed by atoms with Crippen molar-refractivity contribution in [3.05, 3.63) is 46.8 Å². The number of halogens is 3. The van der Waals surface area contributed by atoms with Crippen LogP contribution in [-0.2, 0) is 16.0 Å². The molecule has 0 amide bonds. The van der Waals surface area contributed by atoms with Gasteiger partial charge in [0.2, 0.25) is 0 Å². The summed E-state index contributed by atoms with van der Waals surface area (Å²) in [7, 11) is -4.04. The van der Waals surface area contributed by atoms with Gasteiger partial charge in [0.15, 0.2) is 21.4 Å². The Kier molecular flexibility index (Phi) is 4.22. The van der Waals surface area contributed by atoms with E-state index in [1.165, 1.54) is 13.1 Å². The van der Waals surface area contributed by atoms with E-state index in [-0.39, 0.29) is 17.0 Å². The highest BCUT2D eigenvalue weighted by atomic mass is 32.2. The van der Waals surface area contributed by atoms with Crippen molar-refractivity contribution in [1.29, 1.82) is 0 Å². The third-order valence-electron chi connectivity index (χ3n) is 4.06. The summed E-state index contributed by atoms with van der Waals surface area (Å²) < 4.78 is 68.4. The lowest BCUT2D eigenvalue weighted by Gasteiger charge is -2.12. The molecule has 0 N–H and O–H groups in total. The van der Waals surface area contributed by atoms with Crippen LogP contribution in [0.15, 0.2) is 33.8 Å². The van der Waals surface area contributed by atoms with Crippen LogP contribution in [0, 0.1) is 0 Å². The highest BCUT2D eigenvalue weighted by Gasteiger charge is 2.36. The zero-order valence-electron chi connectivity index (χ0n) is 13.1. The Hall–Kier alpha value is -2.16. The summed E-state index contributed by atoms with van der Waals surface area (Å²) in [5, 5.41) is 3.57. The van der Waals surface area contributed by atoms with Gasteiger partial charge in [-0.25, -0.2) is 8.42 Å². The van der Waals surface area contributed by atoms with Gasteiger partial charge in [-0.3, -0.25) is 4.79 Å². The fourth-order valence-corrected chi connectivity index (χ4v) is 3.62. The Balaban J connectivity index is 2.15. The average molecular weight is 373 g/mol. The number of rotatable bonds is 5. The quantitative estimate of drug-likeness (QED) is 0.749. The first kappa shape index (κ1) is 17.7. The molecule has 1 fully saturated rings. The van der Waals surface area contributed by atoms with Gasteiger partial charge in [-0.2, -0.15) is 13.2 Å². The monoisotopic (exact) mass is 373 g/mol. The highest BCUT2D eigenvalue weighted by Crippen LogP contribution is 2.42. The van der Waals surface area contributed by atoms with E-state index in [2.05, 4.69) is 5.16 Å². The van der Waals surface area contributed by atoms with Gasteiger partial charge in [-0.15, -0.1) is 0 Å². The maximum Gasteiger partial charge on any atom is 0.416 e. The summed E-state index contributed by atoms with van der Waals surface area (Å²) in [6.07, 6.45) is -1.89. The molecule has 3 rings (SSSR count). The van der Waals surface area contributed by atoms with Gasteiger partial charge < -0.3 is 4.52 Å². The van der Waals surface area contributed by atoms with E-state index in [1.54, 1.807) is 0 Å². The van der Waals surface area contributed by atoms with Crippen LogP contribution >= 0.6 is 0 Å². The molecule has 2 aromatic rings. The predicted octanol–water partition coefficient (Wildman–Crippen LogP) is 3.60. The molecule has 0 spiro atoms. The first-order valence-electron chi connectivity index (χ1n) is 7.58. The maximum absolute atomic E-state index is 12.9. The van der Waals surface area contributed by atoms with Gasteiger partial charge in [-0.1, -0.05) is 12.1 Å². The third kappa shape index (κ3) is 3.33. The van der Waals surface area contributed by atoms with E-state index in [0.717, 1.165) is 18.9 Å². The lowest BCUT2D eigenvalue weighted by molar-refractivity contribution is -0.137. The predicted molar refractivity (Wildman–Crippen MR) is 81.1 cm³/mol. The third-order valence-corrected chi connectivity index (χ3v) is 5.83. The normalized spacial score (nSPS) is 15.4. The molecule has 134 valence electrons. The van der Waals surface area contributed by atoms with Gasteiger partial charge in [0.25, 0.3) is 0 Å². The van der Waals surface area contributed by atoms with Gasteiger partial charge in [0, 0.05) is 11.5 Å². The molecule has 1 heterocycles. The van der Waals surface area contributed by atoms with Gasteiger partial charge >= 0.3 is 6.18 Å². The lowest BCUT2D eigenvalue weighted by Crippen LogP contribution is -2.15. The molecule has 0 radical (unpaired) electrons. The molecule has 1 aromatic carbocycles. The molecule has 0 bridgehead atoms. The molecule has 25 heavy (non-hydrogen) atoms. The number of hydrogen-bond donors (Lipinski definition) is 0. The highest BCUT2D eigenvalue weighted by molar-refractivity contribution is 7.91. The van der Waals surface area contributed by atoms with Crippen LogP contribution in [0.25, 0.3) is 0 Å². The molecule has 1 aromatic heterocycles. The molecule has 9 heteroatoms. The van der Waals surface area contributed by atoms with Gasteiger partial charge in [-0.05, 0) is 31.0 Å². The molecule has 5 nitrogen and oxygen atoms in total. The fourth-order valence-electron chi connectivity index (χ4n) is 2.50. The minimum atomic E-state index is -4.71. The summed E-state index contributed by atoms with van der Waals surface area (Å²) in [6, 6.07) is 2.11. The Labute approximate surface area is 141 Å². The molecule has 0 saturated heterocycles. The van der Waals surface area contributed by atoms with Crippen molar-refractivity contribution >= 4 is 15.6 Å². The number of alkyl halides is 3. The second-order valence-corrected chi connectivity index (χ2v) is 8.07. The number of hydrogen-bond acceptors (Lipinski definition) is 5. The Morgan fingerprint density at radius 2 is 1.96 bits per heavy atom. The van der Waals surface area contributed by atoms with E-state index >= 15 is 0 Å². The zero-order valence-corrected chi connectivity index (χ0v) is 13.9. The largest absolute Gasteiger partial charge is 0.416 e. The van der Waals surface area contributed by atoms with Crippen molar-refractivity contribution in [2.45, 2.75) is 36.8 Å². The molecule has 0 aliphatic heterocycles. The van der Waals surface area contributed by atoms with Gasteiger partial charge in [0.05, 0.1) is 28.0 Å². The van der Waals surface area contributed by atoms with E-state index in [0.29, 0.717) is 17.9 Å². The molecule has 1 aliphatic rings. The Bertz CT molecular complexity index is 927. The summed E-state index contributed by atoms with van der Waals surface area (Å²) in [4.78, 5) is 12.1. The van der Waals surface area contributed by atoms with Crippen LogP contribution in [0.4, 0.5) is 13.2 Å². The van der Waals surface area contributed by atoms with E-state index in [4.69, 9.17) is 4.52 Å². The van der Waals surface area contributed by atoms with Crippen LogP contribution in [0.5, 0.6) is 0 Å². The Morgan fingerprint density at radius 1 is 1.28 bits per heavy atom. The second kappa shape index (κ2) is 5.98. The Morgan fingerprint density at radius 3 is 2.52 bits per heavy atom. The van der Waals surface area contributed by atoms with Crippen LogP contribution in [0.1, 0.15) is 52.9 Å². The molecule has 1 saturated carbocycles. The molecular formula is C16H14F3NO4S. The van der Waals surface area contributed by atoms with E-state index in [9.17, 15) is 26.4 Å². The van der Waals surface area contributed by atoms with E-state index in [1.807, 2.05) is 0 Å². The number of sulfone groups is 1. The zero-order chi connectivity index (χ0) is 18.4. The average Bonchev–Trinajstić information content (AvgIpc) is 3.29. The maximum atomic E-state index is 12.9. The summed E-state index contributed by atoms with van der Waals surface area (Å²) >= 11 is 0. The van der Waals surface area contributed by atoms with Crippen LogP contribution in [-0.4, -0.2) is 25.1 Å². The molecule has 0 atom stereocenters. The molecule has 1 aliphatic carbocycles. The fraction of sp³-hybridized carbons (Fsp3) is 0.375. The van der Waals surface area contributed by atoms with Crippen molar-refractivity contribution in [3.63, 3.8) is 0 Å². The summed E-state index contributed by atoms with van der Waals surface area (Å²) in [5.74, 6) is -0.732. The van der Waals surface area contributed by atoms with Crippen molar-refractivity contribution in [1.82, 2.24) is 5.16 Å². The standard InChI is InChI=1S/C16H14F3NO4S/c1-2-25(22,23)13-7-10(16(17,18)19)5-6-11(13)14(21)12-8-20-24-15(12)9-3-4-9/h5-9H,2-4H2,1H3. The van der Waals surface area contributed by atoms with E-state index < -0.39 is 38.0 Å². The van der Waals surface area contributed by atoms with Crippen molar-refractivity contribution in [2.75, 3.05) is 5.75 Å². The van der Waals surface area contributed by atoms with Crippen LogP contribution in [0.3, 0.4) is 0 Å². The number of ketones is 1. The SMILES string of the molecule is CCS(=O)(=O)c1cc(C(F)(F)F)ccc1C(=O)c1cnoc1C1CC1. The summed E-state index contributed by atoms with van der Waals surface area (Å²) in [5.41, 5.74) is -1.33. The van der Waals surface area contributed by atoms with Crippen LogP contribution in [0.2, 0.25) is 0 Å². The topological polar surface area (TPSA) is 77.2 Å². The molecular weight excluding hydrogens is 359 g/mol. The number of nitrogens with zero attached hydrogens (tertiary/aromatic N) is 1. The number of carbonyl (C=O) groups is 1. The number of aromatic nitrogens is 1. The minimum absolute atomic E-state index is 0.0436. The lowest BCUT2D eigenvalue weighted by atomic mass is 10.0. The number of carbonyl (C=O) groups excluding carboxylic acids is 1. The first-order valence-corrected chi connectivity index (χ1v) is 9.23.